The van der Waals surface area contributed by atoms with E-state index in [-0.39, 0.29) is 47.3 Å². The van der Waals surface area contributed by atoms with E-state index in [2.05, 4.69) is 20.8 Å². The maximum Gasteiger partial charge on any atom is 0.333 e. The molecule has 1 spiro atoms. The Hall–Kier alpha value is -3.47. The van der Waals surface area contributed by atoms with Gasteiger partial charge in [-0.15, -0.1) is 0 Å². The first-order valence-electron chi connectivity index (χ1n) is 17.8. The van der Waals surface area contributed by atoms with E-state index in [1.165, 1.54) is 7.11 Å². The molecule has 4 fully saturated rings. The number of carbonyl (C=O) groups excluding carboxylic acids is 3. The summed E-state index contributed by atoms with van der Waals surface area (Å²) in [6.45, 7) is 15.9. The minimum Gasteiger partial charge on any atom is -0.495 e. The standard InChI is InChI=1S/C40H48O10/c1-20(34(43)45-10)11-16-39-33(42)21-17-24-29(41)28-31(44-9)22-12-14-38(8,15-13-26-36(4,5)46-26)48-30(22)23(19-27-37(6,7)47-27)32(28)49-40(24,39)25(18-21)35(2,3)50-39/h11-12,14,17,21,25-27H,13,15-16,18-19H2,1-10H3/b20-11-/t21-,25+,26?,27?,38+,39+,40-/m1/s1. The van der Waals surface area contributed by atoms with Gasteiger partial charge in [-0.1, -0.05) is 12.2 Å². The van der Waals surface area contributed by atoms with Gasteiger partial charge < -0.3 is 33.2 Å². The predicted octanol–water partition coefficient (Wildman–Crippen LogP) is 6.05. The Morgan fingerprint density at radius 1 is 0.960 bits per heavy atom. The van der Waals surface area contributed by atoms with Gasteiger partial charge in [-0.2, -0.15) is 0 Å². The number of allylic oxidation sites excluding steroid dienone is 1. The Balaban J connectivity index is 1.31. The van der Waals surface area contributed by atoms with Gasteiger partial charge in [0.2, 0.25) is 0 Å². The number of ether oxygens (including phenoxy) is 7. The van der Waals surface area contributed by atoms with Crippen molar-refractivity contribution in [2.45, 2.75) is 133 Å². The first kappa shape index (κ1) is 33.7. The number of carbonyl (C=O) groups is 3. The van der Waals surface area contributed by atoms with E-state index >= 15 is 4.79 Å². The van der Waals surface area contributed by atoms with Gasteiger partial charge >= 0.3 is 5.97 Å². The number of fused-ring (bicyclic) bond motifs is 2. The molecule has 1 saturated carbocycles. The quantitative estimate of drug-likeness (QED) is 0.172. The molecular weight excluding hydrogens is 640 g/mol. The molecule has 0 amide bonds. The molecule has 0 N–H and O–H groups in total. The first-order valence-corrected chi connectivity index (χ1v) is 17.8. The van der Waals surface area contributed by atoms with Crippen molar-refractivity contribution in [2.75, 3.05) is 14.2 Å². The smallest absolute Gasteiger partial charge is 0.333 e. The van der Waals surface area contributed by atoms with Crippen LogP contribution in [0.5, 0.6) is 17.2 Å². The second-order valence-electron chi connectivity index (χ2n) is 17.0. The highest BCUT2D eigenvalue weighted by molar-refractivity contribution is 6.19. The topological polar surface area (TPSA) is 122 Å². The zero-order chi connectivity index (χ0) is 36.0. The molecule has 5 heterocycles. The lowest BCUT2D eigenvalue weighted by Gasteiger charge is -2.56. The monoisotopic (exact) mass is 688 g/mol. The Bertz CT molecular complexity index is 1850. The highest BCUT2D eigenvalue weighted by Gasteiger charge is 2.81. The van der Waals surface area contributed by atoms with E-state index in [0.29, 0.717) is 64.3 Å². The summed E-state index contributed by atoms with van der Waals surface area (Å²) in [5.74, 6) is -0.470. The van der Waals surface area contributed by atoms with Crippen LogP contribution in [0.4, 0.5) is 0 Å². The molecule has 0 radical (unpaired) electrons. The van der Waals surface area contributed by atoms with Crippen LogP contribution in [0.2, 0.25) is 0 Å². The van der Waals surface area contributed by atoms with Crippen LogP contribution in [0.15, 0.2) is 29.4 Å². The third-order valence-corrected chi connectivity index (χ3v) is 12.6. The third kappa shape index (κ3) is 4.46. The summed E-state index contributed by atoms with van der Waals surface area (Å²) in [4.78, 5) is 42.2. The number of benzene rings is 1. The van der Waals surface area contributed by atoms with Crippen molar-refractivity contribution in [3.05, 3.63) is 46.1 Å². The molecule has 268 valence electrons. The van der Waals surface area contributed by atoms with E-state index in [9.17, 15) is 9.59 Å². The summed E-state index contributed by atoms with van der Waals surface area (Å²) in [5, 5.41) is 0. The van der Waals surface area contributed by atoms with E-state index < -0.39 is 34.3 Å². The van der Waals surface area contributed by atoms with E-state index in [1.807, 2.05) is 39.8 Å². The Morgan fingerprint density at radius 3 is 2.26 bits per heavy atom. The lowest BCUT2D eigenvalue weighted by molar-refractivity contribution is -0.171. The van der Waals surface area contributed by atoms with Crippen LogP contribution in [0, 0.1) is 11.8 Å². The molecule has 5 aliphatic heterocycles. The van der Waals surface area contributed by atoms with Crippen LogP contribution in [0.3, 0.4) is 0 Å². The fourth-order valence-electron chi connectivity index (χ4n) is 9.53. The minimum atomic E-state index is -1.56. The van der Waals surface area contributed by atoms with Crippen molar-refractivity contribution in [3.63, 3.8) is 0 Å². The molecule has 10 nitrogen and oxygen atoms in total. The Kier molecular flexibility index (Phi) is 6.95. The molecule has 50 heavy (non-hydrogen) atoms. The van der Waals surface area contributed by atoms with Gasteiger partial charge in [0.15, 0.2) is 22.8 Å². The van der Waals surface area contributed by atoms with Crippen LogP contribution >= 0.6 is 0 Å². The van der Waals surface area contributed by atoms with Gasteiger partial charge in [0.05, 0.1) is 48.8 Å². The zero-order valence-corrected chi connectivity index (χ0v) is 30.7. The molecule has 4 bridgehead atoms. The molecule has 2 unspecified atom stereocenters. The fraction of sp³-hybridized carbons (Fsp3) is 0.625. The molecule has 1 aromatic carbocycles. The van der Waals surface area contributed by atoms with Gasteiger partial charge in [-0.3, -0.25) is 9.59 Å². The molecule has 8 aliphatic rings. The van der Waals surface area contributed by atoms with Crippen molar-refractivity contribution in [3.8, 4) is 17.2 Å². The number of ketones is 2. The SMILES string of the molecule is COC(=O)/C(C)=C\C[C@@]12OC(C)(C)[C@@H]3C[C@@H](C=C4C(=O)c5c(OC)c6c(c(CC7OC7(C)C)c5O[C@]431)O[C@](C)(CCC1OC1(C)C)C=C6)C2=O. The number of hydrogen-bond donors (Lipinski definition) is 0. The van der Waals surface area contributed by atoms with Crippen LogP contribution in [0.25, 0.3) is 6.08 Å². The largest absolute Gasteiger partial charge is 0.495 e. The second-order valence-corrected chi connectivity index (χ2v) is 17.0. The van der Waals surface area contributed by atoms with Gasteiger partial charge in [0.1, 0.15) is 28.4 Å². The first-order chi connectivity index (χ1) is 23.3. The summed E-state index contributed by atoms with van der Waals surface area (Å²) >= 11 is 0. The molecule has 7 atom stereocenters. The summed E-state index contributed by atoms with van der Waals surface area (Å²) in [6.07, 6.45) is 10.0. The number of rotatable bonds is 9. The number of esters is 1. The van der Waals surface area contributed by atoms with Crippen LogP contribution in [-0.4, -0.2) is 77.6 Å². The van der Waals surface area contributed by atoms with Gasteiger partial charge in [0.25, 0.3) is 0 Å². The zero-order valence-electron chi connectivity index (χ0n) is 30.7. The second kappa shape index (κ2) is 10.3. The van der Waals surface area contributed by atoms with Gasteiger partial charge in [-0.05, 0) is 86.8 Å². The summed E-state index contributed by atoms with van der Waals surface area (Å²) in [5.41, 5.74) is -2.55. The average Bonchev–Trinajstić information content (AvgIpc) is 3.88. The van der Waals surface area contributed by atoms with Crippen LogP contribution in [0.1, 0.15) is 103 Å². The van der Waals surface area contributed by atoms with E-state index in [4.69, 9.17) is 33.2 Å². The number of hydrogen-bond acceptors (Lipinski definition) is 10. The van der Waals surface area contributed by atoms with Gasteiger partial charge in [-0.25, -0.2) is 4.79 Å². The normalized spacial score (nSPS) is 37.2. The molecule has 10 heteroatoms. The Labute approximate surface area is 293 Å². The average molecular weight is 689 g/mol. The van der Waals surface area contributed by atoms with Crippen molar-refractivity contribution in [1.82, 2.24) is 0 Å². The Morgan fingerprint density at radius 2 is 1.64 bits per heavy atom. The molecule has 1 aromatic rings. The van der Waals surface area contributed by atoms with Crippen molar-refractivity contribution >= 4 is 23.6 Å². The minimum absolute atomic E-state index is 0.0379. The highest BCUT2D eigenvalue weighted by atomic mass is 16.6. The van der Waals surface area contributed by atoms with E-state index in [1.54, 1.807) is 26.2 Å². The van der Waals surface area contributed by atoms with Crippen molar-refractivity contribution in [2.24, 2.45) is 11.8 Å². The predicted molar refractivity (Wildman–Crippen MR) is 183 cm³/mol. The lowest BCUT2D eigenvalue weighted by Crippen LogP contribution is -2.72. The summed E-state index contributed by atoms with van der Waals surface area (Å²) < 4.78 is 44.3. The summed E-state index contributed by atoms with van der Waals surface area (Å²) in [7, 11) is 2.87. The molecular formula is C40H48O10. The van der Waals surface area contributed by atoms with Crippen molar-refractivity contribution in [1.29, 1.82) is 0 Å². The molecule has 0 aromatic heterocycles. The molecule has 3 aliphatic carbocycles. The highest BCUT2D eigenvalue weighted by Crippen LogP contribution is 2.69. The van der Waals surface area contributed by atoms with Crippen molar-refractivity contribution < 1.29 is 47.5 Å². The van der Waals surface area contributed by atoms with Crippen LogP contribution < -0.4 is 14.2 Å². The molecule has 9 rings (SSSR count). The number of methoxy groups -OCH3 is 2. The lowest BCUT2D eigenvalue weighted by atomic mass is 9.51. The maximum absolute atomic E-state index is 15.1. The third-order valence-electron chi connectivity index (χ3n) is 12.6. The fourth-order valence-corrected chi connectivity index (χ4v) is 9.53. The summed E-state index contributed by atoms with van der Waals surface area (Å²) in [6, 6.07) is 0. The van der Waals surface area contributed by atoms with Crippen LogP contribution in [-0.2, 0) is 35.0 Å². The van der Waals surface area contributed by atoms with Gasteiger partial charge in [0, 0.05) is 41.4 Å². The number of epoxide rings is 2. The van der Waals surface area contributed by atoms with E-state index in [0.717, 1.165) is 6.42 Å². The molecule has 3 saturated heterocycles. The maximum atomic E-state index is 15.1. The number of Topliss-reactive ketones (excluding diaryl/α,β-unsaturated/α-hetero) is 2.